The summed E-state index contributed by atoms with van der Waals surface area (Å²) >= 11 is 2.34. The van der Waals surface area contributed by atoms with Crippen molar-refractivity contribution in [2.75, 3.05) is 0 Å². The molecule has 0 fully saturated rings. The van der Waals surface area contributed by atoms with Crippen LogP contribution < -0.4 is 0 Å². The quantitative estimate of drug-likeness (QED) is 0.375. The molecule has 4 heteroatoms. The van der Waals surface area contributed by atoms with Crippen molar-refractivity contribution in [3.8, 4) is 11.8 Å². The van der Waals surface area contributed by atoms with Crippen LogP contribution in [0, 0.1) is 18.8 Å². The Kier molecular flexibility index (Phi) is 7.29. The van der Waals surface area contributed by atoms with Crippen LogP contribution in [0.3, 0.4) is 0 Å². The minimum absolute atomic E-state index is 0.0312. The lowest BCUT2D eigenvalue weighted by Crippen LogP contribution is -1.92. The van der Waals surface area contributed by atoms with Crippen LogP contribution in [0.15, 0.2) is 76.6 Å². The molecule has 0 bridgehead atoms. The van der Waals surface area contributed by atoms with E-state index in [1.54, 1.807) is 13.8 Å². The molecule has 27 heavy (non-hydrogen) atoms. The molecule has 2 rings (SSSR count). The van der Waals surface area contributed by atoms with Crippen LogP contribution in [0.1, 0.15) is 30.5 Å². The monoisotopic (exact) mass is 392 g/mol. The molecule has 2 nitrogen and oxygen atoms in total. The van der Waals surface area contributed by atoms with Crippen molar-refractivity contribution < 1.29 is 9.59 Å². The molecule has 0 atom stereocenters. The van der Waals surface area contributed by atoms with E-state index in [0.29, 0.717) is 11.1 Å². The molecule has 2 aromatic carbocycles. The second kappa shape index (κ2) is 9.45. The van der Waals surface area contributed by atoms with Gasteiger partial charge in [0.1, 0.15) is 0 Å². The third-order valence-corrected chi connectivity index (χ3v) is 5.58. The van der Waals surface area contributed by atoms with Crippen LogP contribution in [0.25, 0.3) is 0 Å². The van der Waals surface area contributed by atoms with E-state index >= 15 is 0 Å². The van der Waals surface area contributed by atoms with Crippen molar-refractivity contribution in [1.29, 1.82) is 0 Å². The Morgan fingerprint density at radius 3 is 1.85 bits per heavy atom. The fourth-order valence-corrected chi connectivity index (χ4v) is 3.39. The number of carbonyl (C=O) groups excluding carboxylic acids is 2. The maximum Gasteiger partial charge on any atom is 0.219 e. The van der Waals surface area contributed by atoms with E-state index in [9.17, 15) is 9.59 Å². The van der Waals surface area contributed by atoms with Crippen LogP contribution in [0.4, 0.5) is 0 Å². The largest absolute Gasteiger partial charge is 0.282 e. The molecule has 0 spiro atoms. The summed E-state index contributed by atoms with van der Waals surface area (Å²) in [4.78, 5) is 25.2. The molecule has 136 valence electrons. The first-order chi connectivity index (χ1) is 12.8. The highest BCUT2D eigenvalue weighted by atomic mass is 32.2. The molecular weight excluding hydrogens is 372 g/mol. The highest BCUT2D eigenvalue weighted by Crippen LogP contribution is 2.24. The second-order valence-electron chi connectivity index (χ2n) is 6.09. The zero-order valence-corrected chi connectivity index (χ0v) is 17.2. The second-order valence-corrected chi connectivity index (χ2v) is 8.18. The van der Waals surface area contributed by atoms with E-state index in [1.807, 2.05) is 49.4 Å². The molecule has 0 saturated carbocycles. The Morgan fingerprint density at radius 2 is 1.33 bits per heavy atom. The Bertz CT molecular complexity index is 974. The van der Waals surface area contributed by atoms with Crippen molar-refractivity contribution >= 4 is 33.8 Å². The maximum atomic E-state index is 11.8. The Morgan fingerprint density at radius 1 is 0.815 bits per heavy atom. The first-order valence-electron chi connectivity index (χ1n) is 8.24. The Balaban J connectivity index is 2.11. The molecule has 0 amide bonds. The fraction of sp³-hybridized carbons (Fsp3) is 0.130. The summed E-state index contributed by atoms with van der Waals surface area (Å²) in [6.07, 6.45) is 0. The number of carbonyl (C=O) groups is 2. The number of hydrogen-bond donors (Lipinski definition) is 0. The smallest absolute Gasteiger partial charge is 0.219 e. The minimum atomic E-state index is -0.0347. The van der Waals surface area contributed by atoms with Crippen molar-refractivity contribution in [3.05, 3.63) is 83.5 Å². The summed E-state index contributed by atoms with van der Waals surface area (Å²) in [5.41, 5.74) is 3.87. The van der Waals surface area contributed by atoms with Gasteiger partial charge >= 0.3 is 0 Å². The molecule has 0 saturated heterocycles. The summed E-state index contributed by atoms with van der Waals surface area (Å²) in [6, 6.07) is 13.3. The van der Waals surface area contributed by atoms with Gasteiger partial charge in [0.2, 0.25) is 10.2 Å². The van der Waals surface area contributed by atoms with Crippen molar-refractivity contribution in [2.45, 2.75) is 30.6 Å². The van der Waals surface area contributed by atoms with Gasteiger partial charge < -0.3 is 0 Å². The summed E-state index contributed by atoms with van der Waals surface area (Å²) in [5.74, 6) is 6.30. The van der Waals surface area contributed by atoms with Gasteiger partial charge in [-0.05, 0) is 103 Å². The number of rotatable bonds is 4. The average Bonchev–Trinajstić information content (AvgIpc) is 2.62. The predicted octanol–water partition coefficient (Wildman–Crippen LogP) is 5.78. The third kappa shape index (κ3) is 6.32. The molecule has 0 aromatic heterocycles. The molecule has 2 aromatic rings. The van der Waals surface area contributed by atoms with Crippen LogP contribution in [-0.4, -0.2) is 10.2 Å². The molecule has 0 radical (unpaired) electrons. The summed E-state index contributed by atoms with van der Waals surface area (Å²) in [5, 5.41) is -0.0659. The van der Waals surface area contributed by atoms with Gasteiger partial charge in [0.25, 0.3) is 0 Å². The standard InChI is InChI=1S/C23H20O2S2/c1-15(2)22(24)26-20-11-7-18(8-12-20)6-9-19-10-13-21(14-17(19)5)27-23(25)16(3)4/h7-8,10-14H,1,3H2,2,4-5H3. The molecular formula is C23H20O2S2. The van der Waals surface area contributed by atoms with Crippen molar-refractivity contribution in [3.63, 3.8) is 0 Å². The van der Waals surface area contributed by atoms with Crippen LogP contribution in [0.2, 0.25) is 0 Å². The Hall–Kier alpha value is -2.48. The maximum absolute atomic E-state index is 11.8. The van der Waals surface area contributed by atoms with E-state index in [-0.39, 0.29) is 10.2 Å². The normalized spacial score (nSPS) is 9.89. The Labute approximate surface area is 169 Å². The highest BCUT2D eigenvalue weighted by Gasteiger charge is 2.07. The number of benzene rings is 2. The summed E-state index contributed by atoms with van der Waals surface area (Å²) in [6.45, 7) is 12.7. The zero-order chi connectivity index (χ0) is 20.0. The number of hydrogen-bond acceptors (Lipinski definition) is 4. The van der Waals surface area contributed by atoms with Gasteiger partial charge in [0, 0.05) is 20.9 Å². The predicted molar refractivity (Wildman–Crippen MR) is 115 cm³/mol. The van der Waals surface area contributed by atoms with Gasteiger partial charge in [-0.15, -0.1) is 0 Å². The SMILES string of the molecule is C=C(C)C(=O)Sc1ccc(C#Cc2ccc(SC(=O)C(=C)C)cc2C)cc1. The van der Waals surface area contributed by atoms with E-state index in [4.69, 9.17) is 0 Å². The van der Waals surface area contributed by atoms with Crippen molar-refractivity contribution in [1.82, 2.24) is 0 Å². The summed E-state index contributed by atoms with van der Waals surface area (Å²) < 4.78 is 0. The van der Waals surface area contributed by atoms with Gasteiger partial charge in [0.15, 0.2) is 0 Å². The van der Waals surface area contributed by atoms with Gasteiger partial charge in [0.05, 0.1) is 0 Å². The molecule has 0 aliphatic carbocycles. The first-order valence-corrected chi connectivity index (χ1v) is 9.87. The number of aryl methyl sites for hydroxylation is 1. The first kappa shape index (κ1) is 20.8. The number of thioether (sulfide) groups is 2. The van der Waals surface area contributed by atoms with E-state index in [1.165, 1.54) is 11.8 Å². The lowest BCUT2D eigenvalue weighted by Gasteiger charge is -2.03. The van der Waals surface area contributed by atoms with Gasteiger partial charge in [-0.25, -0.2) is 0 Å². The van der Waals surface area contributed by atoms with E-state index < -0.39 is 0 Å². The van der Waals surface area contributed by atoms with Crippen LogP contribution in [0.5, 0.6) is 0 Å². The lowest BCUT2D eigenvalue weighted by molar-refractivity contribution is -0.108. The molecule has 0 aliphatic heterocycles. The average molecular weight is 393 g/mol. The van der Waals surface area contributed by atoms with Crippen LogP contribution >= 0.6 is 23.5 Å². The zero-order valence-electron chi connectivity index (χ0n) is 15.6. The molecule has 0 N–H and O–H groups in total. The molecule has 0 unspecified atom stereocenters. The van der Waals surface area contributed by atoms with Gasteiger partial charge in [-0.2, -0.15) is 0 Å². The van der Waals surface area contributed by atoms with E-state index in [0.717, 1.165) is 38.2 Å². The third-order valence-electron chi connectivity index (χ3n) is 3.51. The van der Waals surface area contributed by atoms with Crippen molar-refractivity contribution in [2.24, 2.45) is 0 Å². The van der Waals surface area contributed by atoms with Gasteiger partial charge in [-0.3, -0.25) is 9.59 Å². The topological polar surface area (TPSA) is 34.1 Å². The summed E-state index contributed by atoms with van der Waals surface area (Å²) in [7, 11) is 0. The van der Waals surface area contributed by atoms with Crippen LogP contribution in [-0.2, 0) is 9.59 Å². The lowest BCUT2D eigenvalue weighted by atomic mass is 10.1. The molecule has 0 aliphatic rings. The van der Waals surface area contributed by atoms with E-state index in [2.05, 4.69) is 25.0 Å². The highest BCUT2D eigenvalue weighted by molar-refractivity contribution is 8.14. The van der Waals surface area contributed by atoms with Gasteiger partial charge in [-0.1, -0.05) is 25.0 Å². The minimum Gasteiger partial charge on any atom is -0.282 e. The molecule has 0 heterocycles. The fourth-order valence-electron chi connectivity index (χ4n) is 1.97.